The predicted molar refractivity (Wildman–Crippen MR) is 57.1 cm³/mol. The zero-order valence-corrected chi connectivity index (χ0v) is 9.35. The molecular formula is C7H17NO2S2. The monoisotopic (exact) mass is 211 g/mol. The van der Waals surface area contributed by atoms with Crippen LogP contribution in [-0.4, -0.2) is 50.1 Å². The first-order chi connectivity index (χ1) is 5.72. The Morgan fingerprint density at radius 2 is 1.50 bits per heavy atom. The predicted octanol–water partition coefficient (Wildman–Crippen LogP) is 0.724. The standard InChI is InChI=1S/C7H17NO2S2/c1-9-5-3-8(7(11)12)4-6-10-2/h7,11-12H,3-6H2,1-2H3. The molecule has 0 spiro atoms. The first-order valence-electron chi connectivity index (χ1n) is 3.80. The molecule has 0 atom stereocenters. The summed E-state index contributed by atoms with van der Waals surface area (Å²) in [5, 5.41) is 0. The number of methoxy groups -OCH3 is 2. The number of hydrogen-bond donors (Lipinski definition) is 2. The van der Waals surface area contributed by atoms with Gasteiger partial charge in [-0.3, -0.25) is 4.90 Å². The lowest BCUT2D eigenvalue weighted by Gasteiger charge is -2.23. The Morgan fingerprint density at radius 3 is 1.75 bits per heavy atom. The zero-order valence-electron chi connectivity index (χ0n) is 7.56. The maximum atomic E-state index is 4.95. The fourth-order valence-electron chi connectivity index (χ4n) is 0.760. The summed E-state index contributed by atoms with van der Waals surface area (Å²) in [6.45, 7) is 3.05. The van der Waals surface area contributed by atoms with Gasteiger partial charge in [0.2, 0.25) is 0 Å². The van der Waals surface area contributed by atoms with Gasteiger partial charge in [0, 0.05) is 27.3 Å². The van der Waals surface area contributed by atoms with Crippen molar-refractivity contribution < 1.29 is 9.47 Å². The summed E-state index contributed by atoms with van der Waals surface area (Å²) in [7, 11) is 3.36. The molecule has 0 N–H and O–H groups in total. The molecule has 5 heteroatoms. The maximum absolute atomic E-state index is 4.95. The topological polar surface area (TPSA) is 21.7 Å². The Labute approximate surface area is 85.2 Å². The highest BCUT2D eigenvalue weighted by atomic mass is 32.2. The second kappa shape index (κ2) is 8.19. The van der Waals surface area contributed by atoms with Crippen LogP contribution in [0.25, 0.3) is 0 Å². The number of nitrogens with zero attached hydrogens (tertiary/aromatic N) is 1. The second-order valence-corrected chi connectivity index (χ2v) is 3.75. The van der Waals surface area contributed by atoms with Crippen molar-refractivity contribution in [3.05, 3.63) is 0 Å². The molecular weight excluding hydrogens is 194 g/mol. The lowest BCUT2D eigenvalue weighted by atomic mass is 10.5. The van der Waals surface area contributed by atoms with E-state index in [2.05, 4.69) is 30.2 Å². The Balaban J connectivity index is 3.55. The fraction of sp³-hybridized carbons (Fsp3) is 1.00. The van der Waals surface area contributed by atoms with Gasteiger partial charge in [0.15, 0.2) is 0 Å². The summed E-state index contributed by atoms with van der Waals surface area (Å²) in [6, 6.07) is 0. The molecule has 0 aliphatic carbocycles. The van der Waals surface area contributed by atoms with Crippen LogP contribution in [-0.2, 0) is 9.47 Å². The van der Waals surface area contributed by atoms with Crippen molar-refractivity contribution >= 4 is 25.3 Å². The smallest absolute Gasteiger partial charge is 0.0971 e. The van der Waals surface area contributed by atoms with Gasteiger partial charge in [0.1, 0.15) is 0 Å². The molecule has 0 aromatic rings. The highest BCUT2D eigenvalue weighted by molar-refractivity contribution is 7.99. The molecule has 0 bridgehead atoms. The quantitative estimate of drug-likeness (QED) is 0.479. The van der Waals surface area contributed by atoms with Crippen LogP contribution in [0.15, 0.2) is 0 Å². The minimum Gasteiger partial charge on any atom is -0.383 e. The molecule has 0 radical (unpaired) electrons. The van der Waals surface area contributed by atoms with Crippen LogP contribution in [0.3, 0.4) is 0 Å². The minimum atomic E-state index is -0.0460. The van der Waals surface area contributed by atoms with Crippen molar-refractivity contribution in [2.24, 2.45) is 0 Å². The summed E-state index contributed by atoms with van der Waals surface area (Å²) >= 11 is 8.44. The molecule has 0 aliphatic rings. The zero-order chi connectivity index (χ0) is 9.40. The highest BCUT2D eigenvalue weighted by Gasteiger charge is 2.08. The molecule has 0 saturated heterocycles. The van der Waals surface area contributed by atoms with Gasteiger partial charge in [0.25, 0.3) is 0 Å². The average Bonchev–Trinajstić information content (AvgIpc) is 2.04. The van der Waals surface area contributed by atoms with Gasteiger partial charge in [-0.05, 0) is 0 Å². The Morgan fingerprint density at radius 1 is 1.08 bits per heavy atom. The third kappa shape index (κ3) is 6.14. The summed E-state index contributed by atoms with van der Waals surface area (Å²) in [6.07, 6.45) is 0. The van der Waals surface area contributed by atoms with Crippen molar-refractivity contribution in [1.82, 2.24) is 4.90 Å². The van der Waals surface area contributed by atoms with E-state index in [1.165, 1.54) is 0 Å². The summed E-state index contributed by atoms with van der Waals surface area (Å²) in [4.78, 5) is 2.07. The number of ether oxygens (including phenoxy) is 2. The average molecular weight is 211 g/mol. The van der Waals surface area contributed by atoms with Crippen molar-refractivity contribution in [2.45, 2.75) is 4.71 Å². The summed E-state index contributed by atoms with van der Waals surface area (Å²) in [5.74, 6) is 0. The number of hydrogen-bond acceptors (Lipinski definition) is 5. The van der Waals surface area contributed by atoms with E-state index in [1.807, 2.05) is 0 Å². The van der Waals surface area contributed by atoms with Gasteiger partial charge in [-0.15, -0.1) is 25.3 Å². The third-order valence-electron chi connectivity index (χ3n) is 1.49. The Bertz CT molecular complexity index is 95.4. The summed E-state index contributed by atoms with van der Waals surface area (Å²) in [5.41, 5.74) is 0. The molecule has 0 saturated carbocycles. The first kappa shape index (κ1) is 12.6. The van der Waals surface area contributed by atoms with Crippen LogP contribution in [0, 0.1) is 0 Å². The SMILES string of the molecule is COCCN(CCOC)C(S)S. The molecule has 0 unspecified atom stereocenters. The molecule has 0 rings (SSSR count). The molecule has 0 amide bonds. The second-order valence-electron chi connectivity index (χ2n) is 2.37. The van der Waals surface area contributed by atoms with Gasteiger partial charge in [-0.2, -0.15) is 0 Å². The maximum Gasteiger partial charge on any atom is 0.0971 e. The van der Waals surface area contributed by atoms with Crippen LogP contribution in [0.1, 0.15) is 0 Å². The van der Waals surface area contributed by atoms with E-state index in [0.717, 1.165) is 13.1 Å². The van der Waals surface area contributed by atoms with Crippen molar-refractivity contribution in [1.29, 1.82) is 0 Å². The Hall–Kier alpha value is 0.580. The van der Waals surface area contributed by atoms with E-state index in [0.29, 0.717) is 13.2 Å². The van der Waals surface area contributed by atoms with E-state index in [1.54, 1.807) is 14.2 Å². The normalized spacial score (nSPS) is 11.5. The van der Waals surface area contributed by atoms with E-state index < -0.39 is 0 Å². The lowest BCUT2D eigenvalue weighted by Crippen LogP contribution is -2.34. The Kier molecular flexibility index (Phi) is 8.59. The van der Waals surface area contributed by atoms with E-state index in [9.17, 15) is 0 Å². The van der Waals surface area contributed by atoms with Crippen LogP contribution in [0.4, 0.5) is 0 Å². The van der Waals surface area contributed by atoms with Crippen LogP contribution in [0.5, 0.6) is 0 Å². The van der Waals surface area contributed by atoms with Crippen LogP contribution in [0.2, 0.25) is 0 Å². The molecule has 74 valence electrons. The van der Waals surface area contributed by atoms with E-state index >= 15 is 0 Å². The van der Waals surface area contributed by atoms with Crippen molar-refractivity contribution in [3.8, 4) is 0 Å². The van der Waals surface area contributed by atoms with Crippen molar-refractivity contribution in [3.63, 3.8) is 0 Å². The van der Waals surface area contributed by atoms with E-state index in [-0.39, 0.29) is 4.71 Å². The van der Waals surface area contributed by atoms with E-state index in [4.69, 9.17) is 9.47 Å². The largest absolute Gasteiger partial charge is 0.383 e. The van der Waals surface area contributed by atoms with Crippen LogP contribution >= 0.6 is 25.3 Å². The molecule has 0 fully saturated rings. The first-order valence-corrected chi connectivity index (χ1v) is 4.83. The minimum absolute atomic E-state index is 0.0460. The van der Waals surface area contributed by atoms with Gasteiger partial charge >= 0.3 is 0 Å². The molecule has 12 heavy (non-hydrogen) atoms. The lowest BCUT2D eigenvalue weighted by molar-refractivity contribution is 0.121. The van der Waals surface area contributed by atoms with Gasteiger partial charge in [0.05, 0.1) is 17.9 Å². The molecule has 0 aromatic heterocycles. The number of rotatable bonds is 7. The van der Waals surface area contributed by atoms with Crippen LogP contribution < -0.4 is 0 Å². The molecule has 0 heterocycles. The third-order valence-corrected chi connectivity index (χ3v) is 2.15. The molecule has 3 nitrogen and oxygen atoms in total. The van der Waals surface area contributed by atoms with Gasteiger partial charge in [-0.25, -0.2) is 0 Å². The van der Waals surface area contributed by atoms with Gasteiger partial charge in [-0.1, -0.05) is 0 Å². The molecule has 0 aromatic carbocycles. The number of thiol groups is 2. The summed E-state index contributed by atoms with van der Waals surface area (Å²) < 4.78 is 9.86. The van der Waals surface area contributed by atoms with Crippen molar-refractivity contribution in [2.75, 3.05) is 40.5 Å². The highest BCUT2D eigenvalue weighted by Crippen LogP contribution is 2.07. The van der Waals surface area contributed by atoms with Gasteiger partial charge < -0.3 is 9.47 Å². The molecule has 0 aliphatic heterocycles. The fourth-order valence-corrected chi connectivity index (χ4v) is 1.22.